The highest BCUT2D eigenvalue weighted by Crippen LogP contribution is 2.21. The van der Waals surface area contributed by atoms with Crippen LogP contribution in [0.15, 0.2) is 54.6 Å². The molecule has 0 radical (unpaired) electrons. The summed E-state index contributed by atoms with van der Waals surface area (Å²) < 4.78 is 0. The van der Waals surface area contributed by atoms with Gasteiger partial charge in [-0.25, -0.2) is 4.79 Å². The van der Waals surface area contributed by atoms with Crippen LogP contribution in [-0.2, 0) is 0 Å². The van der Waals surface area contributed by atoms with Crippen LogP contribution in [0.5, 0.6) is 0 Å². The van der Waals surface area contributed by atoms with Crippen LogP contribution in [0.25, 0.3) is 11.1 Å². The van der Waals surface area contributed by atoms with E-state index in [0.29, 0.717) is 11.8 Å². The van der Waals surface area contributed by atoms with E-state index in [-0.39, 0.29) is 6.03 Å². The van der Waals surface area contributed by atoms with Gasteiger partial charge in [-0.3, -0.25) is 0 Å². The first-order valence-electron chi connectivity index (χ1n) is 8.67. The molecule has 0 aliphatic rings. The highest BCUT2D eigenvalue weighted by molar-refractivity contribution is 5.89. The Morgan fingerprint density at radius 3 is 1.83 bits per heavy atom. The van der Waals surface area contributed by atoms with Gasteiger partial charge in [0.1, 0.15) is 0 Å². The topological polar surface area (TPSA) is 32.3 Å². The maximum Gasteiger partial charge on any atom is 0.321 e. The van der Waals surface area contributed by atoms with E-state index < -0.39 is 0 Å². The van der Waals surface area contributed by atoms with Gasteiger partial charge in [-0.2, -0.15) is 0 Å². The van der Waals surface area contributed by atoms with Crippen LogP contribution in [-0.4, -0.2) is 24.0 Å². The van der Waals surface area contributed by atoms with Gasteiger partial charge in [0.2, 0.25) is 0 Å². The number of urea groups is 1. The van der Waals surface area contributed by atoms with Gasteiger partial charge in [0.15, 0.2) is 0 Å². The molecule has 2 amide bonds. The van der Waals surface area contributed by atoms with E-state index in [4.69, 9.17) is 0 Å². The third kappa shape index (κ3) is 5.41. The van der Waals surface area contributed by atoms with Gasteiger partial charge in [-0.15, -0.1) is 0 Å². The zero-order valence-electron chi connectivity index (χ0n) is 15.1. The summed E-state index contributed by atoms with van der Waals surface area (Å²) in [5.74, 6) is 0.907. The van der Waals surface area contributed by atoms with E-state index in [0.717, 1.165) is 24.3 Å². The Bertz CT molecular complexity index is 623. The van der Waals surface area contributed by atoms with Crippen molar-refractivity contribution in [2.45, 2.75) is 27.7 Å². The lowest BCUT2D eigenvalue weighted by Crippen LogP contribution is -2.39. The van der Waals surface area contributed by atoms with Gasteiger partial charge in [0, 0.05) is 18.8 Å². The molecular weight excluding hydrogens is 296 g/mol. The van der Waals surface area contributed by atoms with Crippen LogP contribution in [0.4, 0.5) is 10.5 Å². The van der Waals surface area contributed by atoms with Crippen LogP contribution in [0.1, 0.15) is 27.7 Å². The van der Waals surface area contributed by atoms with Crippen molar-refractivity contribution in [3.63, 3.8) is 0 Å². The second-order valence-electron chi connectivity index (χ2n) is 7.07. The fraction of sp³-hybridized carbons (Fsp3) is 0.381. The highest BCUT2D eigenvalue weighted by Gasteiger charge is 2.16. The van der Waals surface area contributed by atoms with Crippen molar-refractivity contribution in [2.75, 3.05) is 18.4 Å². The summed E-state index contributed by atoms with van der Waals surface area (Å²) >= 11 is 0. The van der Waals surface area contributed by atoms with Crippen molar-refractivity contribution in [3.8, 4) is 11.1 Å². The highest BCUT2D eigenvalue weighted by atomic mass is 16.2. The van der Waals surface area contributed by atoms with Crippen molar-refractivity contribution >= 4 is 11.7 Å². The van der Waals surface area contributed by atoms with E-state index in [1.807, 2.05) is 47.4 Å². The third-order valence-electron chi connectivity index (χ3n) is 3.70. The Morgan fingerprint density at radius 1 is 0.833 bits per heavy atom. The van der Waals surface area contributed by atoms with Crippen LogP contribution < -0.4 is 5.32 Å². The van der Waals surface area contributed by atoms with Crippen molar-refractivity contribution in [3.05, 3.63) is 54.6 Å². The van der Waals surface area contributed by atoms with Gasteiger partial charge in [0.05, 0.1) is 0 Å². The van der Waals surface area contributed by atoms with E-state index in [1.165, 1.54) is 5.56 Å². The van der Waals surface area contributed by atoms with Crippen LogP contribution >= 0.6 is 0 Å². The second-order valence-corrected chi connectivity index (χ2v) is 7.07. The van der Waals surface area contributed by atoms with Crippen LogP contribution in [0.2, 0.25) is 0 Å². The minimum absolute atomic E-state index is 0.0233. The lowest BCUT2D eigenvalue weighted by Gasteiger charge is -2.26. The Balaban J connectivity index is 2.04. The molecular formula is C21H28N2O. The number of nitrogens with one attached hydrogen (secondary N) is 1. The molecule has 2 aromatic rings. The molecule has 0 aliphatic heterocycles. The Kier molecular flexibility index (Phi) is 6.42. The lowest BCUT2D eigenvalue weighted by atomic mass is 10.1. The first-order valence-corrected chi connectivity index (χ1v) is 8.67. The molecule has 0 spiro atoms. The standard InChI is InChI=1S/C21H28N2O/c1-16(2)14-23(15-17(3)4)21(24)22-20-12-10-19(11-13-20)18-8-6-5-7-9-18/h5-13,16-17H,14-15H2,1-4H3,(H,22,24). The lowest BCUT2D eigenvalue weighted by molar-refractivity contribution is 0.196. The maximum absolute atomic E-state index is 12.6. The van der Waals surface area contributed by atoms with Gasteiger partial charge in [-0.1, -0.05) is 70.2 Å². The molecule has 0 heterocycles. The van der Waals surface area contributed by atoms with Gasteiger partial charge < -0.3 is 10.2 Å². The molecule has 0 aromatic heterocycles. The number of hydrogen-bond acceptors (Lipinski definition) is 1. The van der Waals surface area contributed by atoms with Crippen molar-refractivity contribution in [1.29, 1.82) is 0 Å². The van der Waals surface area contributed by atoms with E-state index in [9.17, 15) is 4.79 Å². The minimum Gasteiger partial charge on any atom is -0.324 e. The molecule has 3 heteroatoms. The van der Waals surface area contributed by atoms with Crippen LogP contribution in [0, 0.1) is 11.8 Å². The van der Waals surface area contributed by atoms with Gasteiger partial charge >= 0.3 is 6.03 Å². The van der Waals surface area contributed by atoms with E-state index in [2.05, 4.69) is 45.1 Å². The van der Waals surface area contributed by atoms with Crippen LogP contribution in [0.3, 0.4) is 0 Å². The van der Waals surface area contributed by atoms with Gasteiger partial charge in [0.25, 0.3) is 0 Å². The summed E-state index contributed by atoms with van der Waals surface area (Å²) in [6, 6.07) is 18.2. The van der Waals surface area contributed by atoms with Crippen molar-refractivity contribution in [2.24, 2.45) is 11.8 Å². The van der Waals surface area contributed by atoms with Gasteiger partial charge in [-0.05, 0) is 35.1 Å². The predicted molar refractivity (Wildman–Crippen MR) is 102 cm³/mol. The maximum atomic E-state index is 12.6. The number of benzene rings is 2. The summed E-state index contributed by atoms with van der Waals surface area (Å²) in [7, 11) is 0. The van der Waals surface area contributed by atoms with Crippen molar-refractivity contribution in [1.82, 2.24) is 4.90 Å². The zero-order valence-corrected chi connectivity index (χ0v) is 15.1. The van der Waals surface area contributed by atoms with E-state index in [1.54, 1.807) is 0 Å². The number of nitrogens with zero attached hydrogens (tertiary/aromatic N) is 1. The zero-order chi connectivity index (χ0) is 17.5. The predicted octanol–water partition coefficient (Wildman–Crippen LogP) is 5.50. The molecule has 0 aliphatic carbocycles. The van der Waals surface area contributed by atoms with Crippen molar-refractivity contribution < 1.29 is 4.79 Å². The Morgan fingerprint density at radius 2 is 1.33 bits per heavy atom. The first-order chi connectivity index (χ1) is 11.5. The molecule has 128 valence electrons. The Labute approximate surface area is 145 Å². The number of amides is 2. The first kappa shape index (κ1) is 18.1. The fourth-order valence-electron chi connectivity index (χ4n) is 2.70. The molecule has 0 saturated heterocycles. The largest absolute Gasteiger partial charge is 0.324 e. The molecule has 3 nitrogen and oxygen atoms in total. The third-order valence-corrected chi connectivity index (χ3v) is 3.70. The smallest absolute Gasteiger partial charge is 0.321 e. The summed E-state index contributed by atoms with van der Waals surface area (Å²) in [5.41, 5.74) is 3.16. The molecule has 0 atom stereocenters. The average Bonchev–Trinajstić information content (AvgIpc) is 2.55. The number of anilines is 1. The molecule has 2 aromatic carbocycles. The molecule has 24 heavy (non-hydrogen) atoms. The monoisotopic (exact) mass is 324 g/mol. The van der Waals surface area contributed by atoms with E-state index >= 15 is 0 Å². The molecule has 0 unspecified atom stereocenters. The quantitative estimate of drug-likeness (QED) is 0.747. The summed E-state index contributed by atoms with van der Waals surface area (Å²) in [5, 5.41) is 3.02. The summed E-state index contributed by atoms with van der Waals surface area (Å²) in [4.78, 5) is 14.5. The molecule has 2 rings (SSSR count). The number of rotatable bonds is 6. The molecule has 0 fully saturated rings. The average molecular weight is 324 g/mol. The molecule has 0 bridgehead atoms. The normalized spacial score (nSPS) is 10.9. The number of hydrogen-bond donors (Lipinski definition) is 1. The summed E-state index contributed by atoms with van der Waals surface area (Å²) in [6.07, 6.45) is 0. The number of carbonyl (C=O) groups is 1. The fourth-order valence-corrected chi connectivity index (χ4v) is 2.70. The molecule has 1 N–H and O–H groups in total. The second kappa shape index (κ2) is 8.53. The Hall–Kier alpha value is -2.29. The SMILES string of the molecule is CC(C)CN(CC(C)C)C(=O)Nc1ccc(-c2ccccc2)cc1. The summed E-state index contributed by atoms with van der Waals surface area (Å²) in [6.45, 7) is 10.1. The number of carbonyl (C=O) groups excluding carboxylic acids is 1. The minimum atomic E-state index is -0.0233. The molecule has 0 saturated carbocycles.